The minimum atomic E-state index is -0.366. The number of anilines is 1. The Morgan fingerprint density at radius 3 is 2.74 bits per heavy atom. The molecule has 0 radical (unpaired) electrons. The van der Waals surface area contributed by atoms with Gasteiger partial charge in [0.05, 0.1) is 12.1 Å². The number of benzene rings is 1. The zero-order valence-electron chi connectivity index (χ0n) is 12.0. The van der Waals surface area contributed by atoms with Crippen molar-refractivity contribution in [1.29, 1.82) is 0 Å². The van der Waals surface area contributed by atoms with E-state index >= 15 is 0 Å². The lowest BCUT2D eigenvalue weighted by atomic mass is 10.1. The van der Waals surface area contributed by atoms with Gasteiger partial charge in [-0.05, 0) is 31.9 Å². The molecule has 1 aromatic rings. The lowest BCUT2D eigenvalue weighted by Crippen LogP contribution is -2.51. The molecule has 106 valence electrons. The van der Waals surface area contributed by atoms with Gasteiger partial charge in [0.25, 0.3) is 0 Å². The van der Waals surface area contributed by atoms with Crippen LogP contribution in [0.1, 0.15) is 19.8 Å². The van der Waals surface area contributed by atoms with E-state index in [2.05, 4.69) is 5.32 Å². The molecule has 0 saturated heterocycles. The van der Waals surface area contributed by atoms with E-state index < -0.39 is 0 Å². The van der Waals surface area contributed by atoms with Gasteiger partial charge in [0.1, 0.15) is 12.4 Å². The molecule has 2 N–H and O–H groups in total. The van der Waals surface area contributed by atoms with Crippen LogP contribution in [0.3, 0.4) is 0 Å². The highest BCUT2D eigenvalue weighted by Gasteiger charge is 2.32. The normalized spacial score (nSPS) is 17.9. The highest BCUT2D eigenvalue weighted by molar-refractivity contribution is 5.49. The maximum atomic E-state index is 9.53. The maximum Gasteiger partial charge on any atom is 0.121 e. The van der Waals surface area contributed by atoms with Crippen molar-refractivity contribution in [1.82, 2.24) is 5.32 Å². The summed E-state index contributed by atoms with van der Waals surface area (Å²) in [7, 11) is 4.01. The van der Waals surface area contributed by atoms with Gasteiger partial charge in [-0.3, -0.25) is 0 Å². The number of aliphatic hydroxyl groups excluding tert-OH is 1. The van der Waals surface area contributed by atoms with Crippen molar-refractivity contribution in [3.63, 3.8) is 0 Å². The summed E-state index contributed by atoms with van der Waals surface area (Å²) >= 11 is 0. The molecule has 1 aliphatic carbocycles. The Bertz CT molecular complexity index is 418. The Kier molecular flexibility index (Phi) is 4.32. The van der Waals surface area contributed by atoms with Crippen molar-refractivity contribution in [2.24, 2.45) is 0 Å². The van der Waals surface area contributed by atoms with Gasteiger partial charge in [-0.15, -0.1) is 0 Å². The molecule has 1 saturated carbocycles. The third-order valence-corrected chi connectivity index (χ3v) is 3.37. The molecule has 1 aliphatic rings. The van der Waals surface area contributed by atoms with Crippen LogP contribution in [0, 0.1) is 0 Å². The third kappa shape index (κ3) is 4.11. The summed E-state index contributed by atoms with van der Waals surface area (Å²) in [6, 6.07) is 8.53. The van der Waals surface area contributed by atoms with Gasteiger partial charge in [-0.2, -0.15) is 0 Å². The van der Waals surface area contributed by atoms with Gasteiger partial charge in [-0.1, -0.05) is 6.07 Å². The topological polar surface area (TPSA) is 44.7 Å². The van der Waals surface area contributed by atoms with E-state index in [1.165, 1.54) is 12.8 Å². The van der Waals surface area contributed by atoms with E-state index in [-0.39, 0.29) is 12.1 Å². The highest BCUT2D eigenvalue weighted by Crippen LogP contribution is 2.24. The van der Waals surface area contributed by atoms with Gasteiger partial charge < -0.3 is 20.1 Å². The molecular formula is C15H24N2O2. The molecule has 1 atom stereocenters. The number of nitrogens with one attached hydrogen (secondary N) is 1. The summed E-state index contributed by atoms with van der Waals surface area (Å²) in [5.41, 5.74) is 0.744. The summed E-state index contributed by atoms with van der Waals surface area (Å²) in [5, 5.41) is 13.0. The summed E-state index contributed by atoms with van der Waals surface area (Å²) in [4.78, 5) is 2.04. The summed E-state index contributed by atoms with van der Waals surface area (Å²) in [6.45, 7) is 2.55. The van der Waals surface area contributed by atoms with E-state index in [4.69, 9.17) is 4.74 Å². The highest BCUT2D eigenvalue weighted by atomic mass is 16.5. The molecule has 4 heteroatoms. The van der Waals surface area contributed by atoms with Crippen LogP contribution in [-0.2, 0) is 0 Å². The number of hydrogen-bond donors (Lipinski definition) is 2. The average Bonchev–Trinajstić information content (AvgIpc) is 3.20. The first-order valence-corrected chi connectivity index (χ1v) is 6.81. The van der Waals surface area contributed by atoms with E-state index in [0.717, 1.165) is 11.4 Å². The molecule has 0 heterocycles. The van der Waals surface area contributed by atoms with E-state index in [0.29, 0.717) is 12.6 Å². The number of hydrogen-bond acceptors (Lipinski definition) is 4. The number of ether oxygens (including phenoxy) is 1. The molecule has 1 unspecified atom stereocenters. The smallest absolute Gasteiger partial charge is 0.121 e. The molecule has 0 spiro atoms. The molecule has 0 aliphatic heterocycles. The van der Waals surface area contributed by atoms with Crippen LogP contribution in [-0.4, -0.2) is 44.0 Å². The second-order valence-corrected chi connectivity index (χ2v) is 5.82. The second-order valence-electron chi connectivity index (χ2n) is 5.82. The monoisotopic (exact) mass is 264 g/mol. The Balaban J connectivity index is 1.94. The Morgan fingerprint density at radius 1 is 1.42 bits per heavy atom. The number of nitrogens with zero attached hydrogens (tertiary/aromatic N) is 1. The molecule has 1 fully saturated rings. The lowest BCUT2D eigenvalue weighted by molar-refractivity contribution is 0.114. The van der Waals surface area contributed by atoms with Crippen LogP contribution in [0.15, 0.2) is 24.3 Å². The largest absolute Gasteiger partial charge is 0.492 e. The first-order valence-electron chi connectivity index (χ1n) is 6.81. The first kappa shape index (κ1) is 14.2. The van der Waals surface area contributed by atoms with Crippen molar-refractivity contribution in [3.05, 3.63) is 24.3 Å². The second kappa shape index (κ2) is 5.80. The number of rotatable bonds is 7. The summed E-state index contributed by atoms with van der Waals surface area (Å²) in [6.07, 6.45) is 2.40. The van der Waals surface area contributed by atoms with Crippen LogP contribution in [0.4, 0.5) is 5.69 Å². The SMILES string of the molecule is CN(C)c1cccc(OCC(C)(CO)NC2CC2)c1. The predicted molar refractivity (Wildman–Crippen MR) is 77.9 cm³/mol. The fourth-order valence-corrected chi connectivity index (χ4v) is 1.95. The fourth-order valence-electron chi connectivity index (χ4n) is 1.95. The average molecular weight is 264 g/mol. The molecule has 19 heavy (non-hydrogen) atoms. The standard InChI is InChI=1S/C15H24N2O2/c1-15(10-18,16-12-7-8-12)11-19-14-6-4-5-13(9-14)17(2)3/h4-6,9,12,16,18H,7-8,10-11H2,1-3H3. The zero-order valence-corrected chi connectivity index (χ0v) is 12.0. The number of aliphatic hydroxyl groups is 1. The zero-order chi connectivity index (χ0) is 13.9. The maximum absolute atomic E-state index is 9.53. The molecule has 0 bridgehead atoms. The van der Waals surface area contributed by atoms with E-state index in [9.17, 15) is 5.11 Å². The van der Waals surface area contributed by atoms with Crippen molar-refractivity contribution in [3.8, 4) is 5.75 Å². The first-order chi connectivity index (χ1) is 9.02. The van der Waals surface area contributed by atoms with Crippen molar-refractivity contribution >= 4 is 5.69 Å². The van der Waals surface area contributed by atoms with Crippen LogP contribution in [0.25, 0.3) is 0 Å². The van der Waals surface area contributed by atoms with E-state index in [1.807, 2.05) is 50.2 Å². The Labute approximate surface area is 115 Å². The van der Waals surface area contributed by atoms with Crippen LogP contribution < -0.4 is 15.0 Å². The lowest BCUT2D eigenvalue weighted by Gasteiger charge is -2.29. The van der Waals surface area contributed by atoms with Gasteiger partial charge in [0.15, 0.2) is 0 Å². The third-order valence-electron chi connectivity index (χ3n) is 3.37. The van der Waals surface area contributed by atoms with Gasteiger partial charge in [0, 0.05) is 31.9 Å². The minimum Gasteiger partial charge on any atom is -0.492 e. The van der Waals surface area contributed by atoms with Crippen molar-refractivity contribution in [2.75, 3.05) is 32.2 Å². The van der Waals surface area contributed by atoms with Crippen LogP contribution >= 0.6 is 0 Å². The van der Waals surface area contributed by atoms with Crippen LogP contribution in [0.5, 0.6) is 5.75 Å². The molecule has 2 rings (SSSR count). The van der Waals surface area contributed by atoms with Gasteiger partial charge in [-0.25, -0.2) is 0 Å². The quantitative estimate of drug-likeness (QED) is 0.786. The fraction of sp³-hybridized carbons (Fsp3) is 0.600. The van der Waals surface area contributed by atoms with E-state index in [1.54, 1.807) is 0 Å². The predicted octanol–water partition coefficient (Wildman–Crippen LogP) is 1.63. The molecule has 4 nitrogen and oxygen atoms in total. The molecule has 0 amide bonds. The molecule has 0 aromatic heterocycles. The van der Waals surface area contributed by atoms with Crippen molar-refractivity contribution < 1.29 is 9.84 Å². The van der Waals surface area contributed by atoms with Gasteiger partial charge in [0.2, 0.25) is 0 Å². The Morgan fingerprint density at radius 2 is 2.16 bits per heavy atom. The molecular weight excluding hydrogens is 240 g/mol. The molecule has 1 aromatic carbocycles. The Hall–Kier alpha value is -1.26. The minimum absolute atomic E-state index is 0.0802. The summed E-state index contributed by atoms with van der Waals surface area (Å²) in [5.74, 6) is 0.837. The van der Waals surface area contributed by atoms with Crippen molar-refractivity contribution in [2.45, 2.75) is 31.3 Å². The van der Waals surface area contributed by atoms with Crippen LogP contribution in [0.2, 0.25) is 0 Å². The van der Waals surface area contributed by atoms with Gasteiger partial charge >= 0.3 is 0 Å². The summed E-state index contributed by atoms with van der Waals surface area (Å²) < 4.78 is 5.83.